The van der Waals surface area contributed by atoms with Crippen molar-refractivity contribution in [2.75, 3.05) is 18.0 Å². The van der Waals surface area contributed by atoms with Gasteiger partial charge in [-0.1, -0.05) is 23.8 Å². The van der Waals surface area contributed by atoms with Crippen molar-refractivity contribution in [3.63, 3.8) is 0 Å². The number of hydrogen-bond acceptors (Lipinski definition) is 2. The molecule has 0 saturated carbocycles. The molecule has 1 atom stereocenters. The molecule has 1 saturated heterocycles. The summed E-state index contributed by atoms with van der Waals surface area (Å²) in [7, 11) is 0. The van der Waals surface area contributed by atoms with Crippen LogP contribution in [0.2, 0.25) is 0 Å². The molecule has 0 aromatic heterocycles. The maximum atomic E-state index is 9.40. The zero-order valence-corrected chi connectivity index (χ0v) is 12.7. The number of rotatable bonds is 3. The normalized spacial score (nSPS) is 22.8. The van der Waals surface area contributed by atoms with Crippen LogP contribution in [0.15, 0.2) is 48.1 Å². The highest BCUT2D eigenvalue weighted by atomic mass is 16.3. The zero-order valence-electron chi connectivity index (χ0n) is 12.7. The molecule has 1 aromatic carbocycles. The summed E-state index contributed by atoms with van der Waals surface area (Å²) in [6.45, 7) is 2.27. The van der Waals surface area contributed by atoms with Gasteiger partial charge in [-0.25, -0.2) is 0 Å². The van der Waals surface area contributed by atoms with Gasteiger partial charge < -0.3 is 10.0 Å². The Morgan fingerprint density at radius 3 is 2.67 bits per heavy atom. The molecule has 0 bridgehead atoms. The molecule has 0 radical (unpaired) electrons. The molecule has 2 heteroatoms. The number of nitrogens with zero attached hydrogens (tertiary/aromatic N) is 1. The van der Waals surface area contributed by atoms with Crippen LogP contribution < -0.4 is 4.90 Å². The standard InChI is InChI=1S/C19H25NO/c21-19-10-8-18(9-11-19)20-13-4-7-17(12-14-20)15-16-5-2-1-3-6-16/h2,5-6,8-11,17,21H,1,3-4,7,12-15H2/t17-/m1/s1. The molecule has 1 aliphatic carbocycles. The molecule has 1 heterocycles. The average molecular weight is 283 g/mol. The topological polar surface area (TPSA) is 23.5 Å². The first kappa shape index (κ1) is 14.2. The number of allylic oxidation sites excluding steroid dienone is 4. The van der Waals surface area contributed by atoms with Crippen LogP contribution in [0, 0.1) is 5.92 Å². The van der Waals surface area contributed by atoms with Crippen molar-refractivity contribution in [2.45, 2.75) is 38.5 Å². The van der Waals surface area contributed by atoms with E-state index < -0.39 is 0 Å². The lowest BCUT2D eigenvalue weighted by atomic mass is 9.90. The molecule has 1 aliphatic heterocycles. The molecule has 0 spiro atoms. The van der Waals surface area contributed by atoms with Crippen molar-refractivity contribution in [3.8, 4) is 5.75 Å². The fraction of sp³-hybridized carbons (Fsp3) is 0.474. The van der Waals surface area contributed by atoms with Crippen LogP contribution in [0.25, 0.3) is 0 Å². The van der Waals surface area contributed by atoms with E-state index in [0.717, 1.165) is 19.0 Å². The van der Waals surface area contributed by atoms with Crippen LogP contribution in [0.5, 0.6) is 5.75 Å². The minimum absolute atomic E-state index is 0.350. The van der Waals surface area contributed by atoms with E-state index in [1.807, 2.05) is 12.1 Å². The number of phenols is 1. The van der Waals surface area contributed by atoms with Gasteiger partial charge in [-0.05, 0) is 68.7 Å². The third-order valence-corrected chi connectivity index (χ3v) is 4.66. The van der Waals surface area contributed by atoms with Gasteiger partial charge >= 0.3 is 0 Å². The lowest BCUT2D eigenvalue weighted by Crippen LogP contribution is -2.24. The van der Waals surface area contributed by atoms with Gasteiger partial charge in [-0.2, -0.15) is 0 Å². The van der Waals surface area contributed by atoms with E-state index in [9.17, 15) is 5.11 Å². The van der Waals surface area contributed by atoms with Gasteiger partial charge in [0.05, 0.1) is 0 Å². The molecule has 2 nitrogen and oxygen atoms in total. The Labute approximate surface area is 127 Å². The van der Waals surface area contributed by atoms with Gasteiger partial charge in [0.15, 0.2) is 0 Å². The van der Waals surface area contributed by atoms with Crippen molar-refractivity contribution in [1.29, 1.82) is 0 Å². The molecule has 1 N–H and O–H groups in total. The molecule has 2 aliphatic rings. The van der Waals surface area contributed by atoms with E-state index in [1.54, 1.807) is 17.7 Å². The number of anilines is 1. The van der Waals surface area contributed by atoms with Crippen LogP contribution in [0.3, 0.4) is 0 Å². The zero-order chi connectivity index (χ0) is 14.5. The first-order valence-electron chi connectivity index (χ1n) is 8.21. The minimum Gasteiger partial charge on any atom is -0.508 e. The molecule has 1 fully saturated rings. The predicted octanol–water partition coefficient (Wildman–Crippen LogP) is 4.67. The predicted molar refractivity (Wildman–Crippen MR) is 88.7 cm³/mol. The fourth-order valence-electron chi connectivity index (χ4n) is 3.44. The van der Waals surface area contributed by atoms with E-state index in [2.05, 4.69) is 23.1 Å². The molecule has 112 valence electrons. The Morgan fingerprint density at radius 1 is 1.05 bits per heavy atom. The van der Waals surface area contributed by atoms with Gasteiger partial charge in [0.2, 0.25) is 0 Å². The molecule has 3 rings (SSSR count). The van der Waals surface area contributed by atoms with Gasteiger partial charge in [0.25, 0.3) is 0 Å². The molecular formula is C19H25NO. The van der Waals surface area contributed by atoms with Gasteiger partial charge in [-0.3, -0.25) is 0 Å². The summed E-state index contributed by atoms with van der Waals surface area (Å²) in [5, 5.41) is 9.40. The summed E-state index contributed by atoms with van der Waals surface area (Å²) in [6.07, 6.45) is 14.6. The second kappa shape index (κ2) is 6.84. The van der Waals surface area contributed by atoms with Crippen molar-refractivity contribution < 1.29 is 5.11 Å². The van der Waals surface area contributed by atoms with E-state index in [1.165, 1.54) is 44.2 Å². The largest absolute Gasteiger partial charge is 0.508 e. The number of benzene rings is 1. The number of aromatic hydroxyl groups is 1. The lowest BCUT2D eigenvalue weighted by Gasteiger charge is -2.23. The quantitative estimate of drug-likeness (QED) is 0.871. The highest BCUT2D eigenvalue weighted by Crippen LogP contribution is 2.29. The average Bonchev–Trinajstić information content (AvgIpc) is 2.75. The number of phenolic OH excluding ortho intramolecular Hbond substituents is 1. The molecular weight excluding hydrogens is 258 g/mol. The maximum Gasteiger partial charge on any atom is 0.115 e. The Morgan fingerprint density at radius 2 is 1.90 bits per heavy atom. The van der Waals surface area contributed by atoms with Gasteiger partial charge in [-0.15, -0.1) is 0 Å². The Bertz CT molecular complexity index is 515. The molecule has 0 unspecified atom stereocenters. The molecule has 21 heavy (non-hydrogen) atoms. The SMILES string of the molecule is Oc1ccc(N2CCC[C@@H](CC3=CCCC=C3)CC2)cc1. The summed E-state index contributed by atoms with van der Waals surface area (Å²) in [6, 6.07) is 7.63. The van der Waals surface area contributed by atoms with E-state index >= 15 is 0 Å². The van der Waals surface area contributed by atoms with Crippen molar-refractivity contribution >= 4 is 5.69 Å². The highest BCUT2D eigenvalue weighted by molar-refractivity contribution is 5.48. The monoisotopic (exact) mass is 283 g/mol. The first-order chi connectivity index (χ1) is 10.3. The third-order valence-electron chi connectivity index (χ3n) is 4.66. The summed E-state index contributed by atoms with van der Waals surface area (Å²) < 4.78 is 0. The second-order valence-corrected chi connectivity index (χ2v) is 6.26. The fourth-order valence-corrected chi connectivity index (χ4v) is 3.44. The third kappa shape index (κ3) is 3.90. The maximum absolute atomic E-state index is 9.40. The lowest BCUT2D eigenvalue weighted by molar-refractivity contribution is 0.472. The summed E-state index contributed by atoms with van der Waals surface area (Å²) in [4.78, 5) is 2.46. The molecule has 1 aromatic rings. The first-order valence-corrected chi connectivity index (χ1v) is 8.21. The van der Waals surface area contributed by atoms with Crippen LogP contribution in [-0.4, -0.2) is 18.2 Å². The summed E-state index contributed by atoms with van der Waals surface area (Å²) in [5.41, 5.74) is 2.79. The van der Waals surface area contributed by atoms with E-state index in [4.69, 9.17) is 0 Å². The smallest absolute Gasteiger partial charge is 0.115 e. The van der Waals surface area contributed by atoms with Gasteiger partial charge in [0.1, 0.15) is 5.75 Å². The van der Waals surface area contributed by atoms with Crippen molar-refractivity contribution in [3.05, 3.63) is 48.1 Å². The van der Waals surface area contributed by atoms with E-state index in [0.29, 0.717) is 5.75 Å². The highest BCUT2D eigenvalue weighted by Gasteiger charge is 2.18. The van der Waals surface area contributed by atoms with Crippen LogP contribution in [0.1, 0.15) is 38.5 Å². The van der Waals surface area contributed by atoms with Crippen LogP contribution >= 0.6 is 0 Å². The Hall–Kier alpha value is -1.70. The molecule has 0 amide bonds. The second-order valence-electron chi connectivity index (χ2n) is 6.26. The van der Waals surface area contributed by atoms with Crippen LogP contribution in [-0.2, 0) is 0 Å². The van der Waals surface area contributed by atoms with Crippen molar-refractivity contribution in [2.24, 2.45) is 5.92 Å². The summed E-state index contributed by atoms with van der Waals surface area (Å²) in [5.74, 6) is 1.17. The van der Waals surface area contributed by atoms with E-state index in [-0.39, 0.29) is 0 Å². The van der Waals surface area contributed by atoms with Gasteiger partial charge in [0, 0.05) is 18.8 Å². The Kier molecular flexibility index (Phi) is 4.64. The van der Waals surface area contributed by atoms with Crippen LogP contribution in [0.4, 0.5) is 5.69 Å². The minimum atomic E-state index is 0.350. The Balaban J connectivity index is 1.57. The number of hydrogen-bond donors (Lipinski definition) is 1. The summed E-state index contributed by atoms with van der Waals surface area (Å²) >= 11 is 0. The van der Waals surface area contributed by atoms with Crippen molar-refractivity contribution in [1.82, 2.24) is 0 Å².